The molecule has 0 saturated heterocycles. The number of hydrogen-bond acceptors (Lipinski definition) is 3. The number of nitrogens with two attached hydrogens (primary N) is 1. The Balaban J connectivity index is 2.76. The van der Waals surface area contributed by atoms with Gasteiger partial charge in [-0.1, -0.05) is 17.7 Å². The monoisotopic (exact) mass is 282 g/mol. The highest BCUT2D eigenvalue weighted by atomic mass is 35.5. The predicted octanol–water partition coefficient (Wildman–Crippen LogP) is 2.28. The minimum Gasteiger partial charge on any atom is -0.399 e. The molecule has 0 aliphatic heterocycles. The minimum absolute atomic E-state index is 0.0131. The molecule has 0 spiro atoms. The van der Waals surface area contributed by atoms with E-state index in [0.717, 1.165) is 4.90 Å². The summed E-state index contributed by atoms with van der Waals surface area (Å²) in [5, 5.41) is 9.08. The fourth-order valence-electron chi connectivity index (χ4n) is 1.54. The molecule has 7 heteroatoms. The summed E-state index contributed by atoms with van der Waals surface area (Å²) in [6, 6.07) is 4.64. The third kappa shape index (κ3) is 5.12. The van der Waals surface area contributed by atoms with Crippen molar-refractivity contribution in [2.75, 3.05) is 25.4 Å². The number of halogens is 4. The summed E-state index contributed by atoms with van der Waals surface area (Å²) in [6.45, 7) is -1.49. The Morgan fingerprint density at radius 3 is 2.50 bits per heavy atom. The van der Waals surface area contributed by atoms with Crippen molar-refractivity contribution in [2.45, 2.75) is 12.7 Å². The van der Waals surface area contributed by atoms with Crippen molar-refractivity contribution in [2.24, 2.45) is 0 Å². The second-order valence-corrected chi connectivity index (χ2v) is 4.31. The lowest BCUT2D eigenvalue weighted by molar-refractivity contribution is -0.147. The maximum Gasteiger partial charge on any atom is 0.401 e. The van der Waals surface area contributed by atoms with Crippen LogP contribution in [0.3, 0.4) is 0 Å². The summed E-state index contributed by atoms with van der Waals surface area (Å²) >= 11 is 5.89. The van der Waals surface area contributed by atoms with Crippen molar-refractivity contribution in [3.8, 4) is 0 Å². The standard InChI is InChI=1S/C11H14ClF3N2O/c12-10-5-9(16)2-1-8(10)6-17(3-4-18)7-11(13,14)15/h1-2,5,18H,3-4,6-7,16H2. The van der Waals surface area contributed by atoms with Gasteiger partial charge < -0.3 is 10.8 Å². The molecule has 0 saturated carbocycles. The Morgan fingerprint density at radius 1 is 1.33 bits per heavy atom. The van der Waals surface area contributed by atoms with Crippen LogP contribution in [-0.2, 0) is 6.54 Å². The van der Waals surface area contributed by atoms with E-state index in [2.05, 4.69) is 0 Å². The molecular formula is C11H14ClF3N2O. The number of aliphatic hydroxyl groups is 1. The number of aliphatic hydroxyl groups excluding tert-OH is 1. The molecule has 0 fully saturated rings. The van der Waals surface area contributed by atoms with Crippen LogP contribution in [0.5, 0.6) is 0 Å². The maximum absolute atomic E-state index is 12.3. The Kier molecular flexibility index (Phi) is 5.25. The Hall–Kier alpha value is -0.980. The zero-order chi connectivity index (χ0) is 13.8. The van der Waals surface area contributed by atoms with Crippen LogP contribution in [0, 0.1) is 0 Å². The van der Waals surface area contributed by atoms with Crippen molar-refractivity contribution in [1.29, 1.82) is 0 Å². The average molecular weight is 283 g/mol. The van der Waals surface area contributed by atoms with E-state index in [4.69, 9.17) is 22.4 Å². The highest BCUT2D eigenvalue weighted by Gasteiger charge is 2.30. The van der Waals surface area contributed by atoms with Gasteiger partial charge in [-0.15, -0.1) is 0 Å². The molecule has 18 heavy (non-hydrogen) atoms. The molecule has 0 heterocycles. The Morgan fingerprint density at radius 2 is 2.00 bits per heavy atom. The van der Waals surface area contributed by atoms with Crippen LogP contribution in [0.25, 0.3) is 0 Å². The first-order valence-electron chi connectivity index (χ1n) is 5.25. The summed E-state index contributed by atoms with van der Waals surface area (Å²) in [7, 11) is 0. The van der Waals surface area contributed by atoms with Gasteiger partial charge in [0, 0.05) is 23.8 Å². The molecule has 1 aromatic carbocycles. The van der Waals surface area contributed by atoms with Gasteiger partial charge in [0.15, 0.2) is 0 Å². The van der Waals surface area contributed by atoms with Gasteiger partial charge in [-0.3, -0.25) is 4.90 Å². The van der Waals surface area contributed by atoms with Crippen LogP contribution >= 0.6 is 11.6 Å². The first kappa shape index (κ1) is 15.1. The lowest BCUT2D eigenvalue weighted by atomic mass is 10.2. The molecule has 0 unspecified atom stereocenters. The van der Waals surface area contributed by atoms with Gasteiger partial charge in [-0.25, -0.2) is 0 Å². The number of alkyl halides is 3. The van der Waals surface area contributed by atoms with Gasteiger partial charge >= 0.3 is 6.18 Å². The van der Waals surface area contributed by atoms with Crippen molar-refractivity contribution in [3.05, 3.63) is 28.8 Å². The number of nitrogens with zero attached hydrogens (tertiary/aromatic N) is 1. The molecule has 0 bridgehead atoms. The third-order valence-electron chi connectivity index (χ3n) is 2.29. The Bertz CT molecular complexity index is 398. The maximum atomic E-state index is 12.3. The molecule has 1 rings (SSSR count). The van der Waals surface area contributed by atoms with Crippen LogP contribution < -0.4 is 5.73 Å². The van der Waals surface area contributed by atoms with Crippen molar-refractivity contribution in [1.82, 2.24) is 4.90 Å². The zero-order valence-corrected chi connectivity index (χ0v) is 10.3. The molecule has 3 nitrogen and oxygen atoms in total. The largest absolute Gasteiger partial charge is 0.401 e. The van der Waals surface area contributed by atoms with Gasteiger partial charge in [0.2, 0.25) is 0 Å². The SMILES string of the molecule is Nc1ccc(CN(CCO)CC(F)(F)F)c(Cl)c1. The summed E-state index contributed by atoms with van der Waals surface area (Å²) in [6.07, 6.45) is -4.31. The molecule has 0 aliphatic carbocycles. The van der Waals surface area contributed by atoms with Crippen molar-refractivity contribution >= 4 is 17.3 Å². The minimum atomic E-state index is -4.31. The Labute approximate surface area is 108 Å². The molecule has 102 valence electrons. The molecule has 0 aliphatic rings. The second-order valence-electron chi connectivity index (χ2n) is 3.90. The first-order valence-corrected chi connectivity index (χ1v) is 5.63. The average Bonchev–Trinajstić information content (AvgIpc) is 2.20. The first-order chi connectivity index (χ1) is 8.31. The van der Waals surface area contributed by atoms with Crippen molar-refractivity contribution in [3.63, 3.8) is 0 Å². The normalized spacial score (nSPS) is 12.1. The second kappa shape index (κ2) is 6.26. The van der Waals surface area contributed by atoms with Crippen LogP contribution in [0.4, 0.5) is 18.9 Å². The quantitative estimate of drug-likeness (QED) is 0.815. The number of hydrogen-bond donors (Lipinski definition) is 2. The van der Waals surface area contributed by atoms with Crippen molar-refractivity contribution < 1.29 is 18.3 Å². The lowest BCUT2D eigenvalue weighted by Crippen LogP contribution is -2.35. The third-order valence-corrected chi connectivity index (χ3v) is 2.64. The van der Waals surface area contributed by atoms with Gasteiger partial charge in [0.25, 0.3) is 0 Å². The fourth-order valence-corrected chi connectivity index (χ4v) is 1.79. The number of rotatable bonds is 5. The number of benzene rings is 1. The van der Waals surface area contributed by atoms with E-state index >= 15 is 0 Å². The van der Waals surface area contributed by atoms with Crippen LogP contribution in [0.1, 0.15) is 5.56 Å². The molecule has 0 amide bonds. The molecule has 1 aromatic rings. The van der Waals surface area contributed by atoms with E-state index in [1.54, 1.807) is 12.1 Å². The topological polar surface area (TPSA) is 49.5 Å². The number of nitrogen functional groups attached to an aromatic ring is 1. The van der Waals surface area contributed by atoms with E-state index in [-0.39, 0.29) is 19.7 Å². The van der Waals surface area contributed by atoms with E-state index in [0.29, 0.717) is 16.3 Å². The van der Waals surface area contributed by atoms with E-state index in [9.17, 15) is 13.2 Å². The van der Waals surface area contributed by atoms with Crippen LogP contribution in [-0.4, -0.2) is 35.9 Å². The fraction of sp³-hybridized carbons (Fsp3) is 0.455. The van der Waals surface area contributed by atoms with Gasteiger partial charge in [-0.2, -0.15) is 13.2 Å². The highest BCUT2D eigenvalue weighted by molar-refractivity contribution is 6.31. The van der Waals surface area contributed by atoms with E-state index in [1.807, 2.05) is 0 Å². The van der Waals surface area contributed by atoms with Crippen LogP contribution in [0.2, 0.25) is 5.02 Å². The van der Waals surface area contributed by atoms with E-state index in [1.165, 1.54) is 6.07 Å². The lowest BCUT2D eigenvalue weighted by Gasteiger charge is -2.23. The summed E-state index contributed by atoms with van der Waals surface area (Å²) < 4.78 is 37.0. The van der Waals surface area contributed by atoms with E-state index < -0.39 is 12.7 Å². The summed E-state index contributed by atoms with van der Waals surface area (Å²) in [5.74, 6) is 0. The van der Waals surface area contributed by atoms with Gasteiger partial charge in [-0.05, 0) is 17.7 Å². The highest BCUT2D eigenvalue weighted by Crippen LogP contribution is 2.23. The van der Waals surface area contributed by atoms with Gasteiger partial charge in [0.1, 0.15) is 0 Å². The summed E-state index contributed by atoms with van der Waals surface area (Å²) in [5.41, 5.74) is 6.50. The van der Waals surface area contributed by atoms with Crippen LogP contribution in [0.15, 0.2) is 18.2 Å². The number of anilines is 1. The van der Waals surface area contributed by atoms with Gasteiger partial charge in [0.05, 0.1) is 13.2 Å². The molecule has 0 radical (unpaired) electrons. The predicted molar refractivity (Wildman–Crippen MR) is 64.3 cm³/mol. The zero-order valence-electron chi connectivity index (χ0n) is 9.54. The molecule has 0 aromatic heterocycles. The molecule has 3 N–H and O–H groups in total. The molecular weight excluding hydrogens is 269 g/mol. The smallest absolute Gasteiger partial charge is 0.399 e. The molecule has 0 atom stereocenters. The summed E-state index contributed by atoms with van der Waals surface area (Å²) in [4.78, 5) is 1.08.